The molecular weight excluding hydrogens is 757 g/mol. The van der Waals surface area contributed by atoms with Gasteiger partial charge >= 0.3 is 0 Å². The van der Waals surface area contributed by atoms with Gasteiger partial charge in [-0.15, -0.1) is 5.10 Å². The second-order valence-corrected chi connectivity index (χ2v) is 19.4. The number of unbranched alkanes of at least 4 members (excludes halogenated alkanes) is 10. The van der Waals surface area contributed by atoms with Crippen LogP contribution < -0.4 is 16.0 Å². The molecule has 0 saturated heterocycles. The van der Waals surface area contributed by atoms with Gasteiger partial charge in [0.25, 0.3) is 0 Å². The molecule has 5 nitrogen and oxygen atoms in total. The van der Waals surface area contributed by atoms with Gasteiger partial charge in [0.1, 0.15) is 0 Å². The second kappa shape index (κ2) is 18.4. The van der Waals surface area contributed by atoms with Crippen molar-refractivity contribution in [3.05, 3.63) is 130 Å². The third-order valence-electron chi connectivity index (χ3n) is 14.8. The van der Waals surface area contributed by atoms with Crippen LogP contribution in [0.25, 0.3) is 44.9 Å². The number of fused-ring (bicyclic) bond motifs is 6. The molecule has 1 aliphatic heterocycles. The summed E-state index contributed by atoms with van der Waals surface area (Å²) in [5.41, 5.74) is 10.5. The lowest BCUT2D eigenvalue weighted by atomic mass is 9.76. The number of aryl methyl sites for hydroxylation is 2. The largest absolute Gasteiger partial charge is 0.447 e. The Hall–Kier alpha value is -5.03. The van der Waals surface area contributed by atoms with Gasteiger partial charge in [0, 0.05) is 80.2 Å². The summed E-state index contributed by atoms with van der Waals surface area (Å²) in [5.74, 6) is 1.74. The summed E-state index contributed by atoms with van der Waals surface area (Å²) in [6.07, 6.45) is 27.6. The van der Waals surface area contributed by atoms with E-state index in [9.17, 15) is 0 Å². The van der Waals surface area contributed by atoms with Crippen LogP contribution >= 0.6 is 0 Å². The van der Waals surface area contributed by atoms with Crippen LogP contribution in [0.3, 0.4) is 0 Å². The summed E-state index contributed by atoms with van der Waals surface area (Å²) in [6.45, 7) is 13.7. The molecule has 0 saturated carbocycles. The lowest BCUT2D eigenvalue weighted by molar-refractivity contribution is 0.0602. The number of allylic oxidation sites excluding steroid dienone is 1. The Bertz CT molecular complexity index is 2700. The van der Waals surface area contributed by atoms with Crippen LogP contribution in [0.1, 0.15) is 147 Å². The van der Waals surface area contributed by atoms with E-state index in [1.54, 1.807) is 0 Å². The summed E-state index contributed by atoms with van der Waals surface area (Å²) < 4.78 is 11.9. The summed E-state index contributed by atoms with van der Waals surface area (Å²) in [4.78, 5) is 0. The summed E-state index contributed by atoms with van der Waals surface area (Å²) in [6, 6.07) is 34.4. The van der Waals surface area contributed by atoms with Gasteiger partial charge in [0.15, 0.2) is 0 Å². The molecule has 6 aromatic rings. The molecule has 2 aromatic heterocycles. The third-order valence-corrected chi connectivity index (χ3v) is 14.8. The normalized spacial score (nSPS) is 23.2. The van der Waals surface area contributed by atoms with Crippen molar-refractivity contribution in [2.75, 3.05) is 0 Å². The van der Waals surface area contributed by atoms with Gasteiger partial charge in [-0.25, -0.2) is 0 Å². The van der Waals surface area contributed by atoms with E-state index in [-0.39, 0.29) is 11.3 Å². The molecular formula is C57H70N4O. The monoisotopic (exact) mass is 827 g/mol. The molecule has 0 fully saturated rings. The maximum Gasteiger partial charge on any atom is 0.220 e. The number of benzene rings is 4. The average molecular weight is 827 g/mol. The zero-order chi connectivity index (χ0) is 42.7. The molecule has 4 aromatic carbocycles. The maximum absolute atomic E-state index is 6.77. The van der Waals surface area contributed by atoms with Crippen LogP contribution in [0, 0.1) is 11.8 Å². The molecule has 0 radical (unpaired) electrons. The average Bonchev–Trinajstić information content (AvgIpc) is 3.95. The number of aromatic nitrogens is 2. The van der Waals surface area contributed by atoms with Gasteiger partial charge in [0.05, 0.1) is 5.92 Å². The van der Waals surface area contributed by atoms with Gasteiger partial charge < -0.3 is 13.9 Å². The van der Waals surface area contributed by atoms with E-state index in [2.05, 4.69) is 164 Å². The van der Waals surface area contributed by atoms with E-state index in [1.807, 2.05) is 0 Å². The van der Waals surface area contributed by atoms with E-state index in [1.165, 1.54) is 131 Å². The minimum atomic E-state index is -0.711. The molecule has 5 heteroatoms. The summed E-state index contributed by atoms with van der Waals surface area (Å²) in [5, 5.41) is 11.7. The number of ether oxygens (including phenoxy) is 1. The summed E-state index contributed by atoms with van der Waals surface area (Å²) in [7, 11) is 0. The number of nitrogens with zero attached hydrogens (tertiary/aromatic N) is 3. The highest BCUT2D eigenvalue weighted by atomic mass is 16.5. The van der Waals surface area contributed by atoms with Gasteiger partial charge in [-0.2, -0.15) is 0 Å². The molecule has 3 heterocycles. The molecule has 5 atom stereocenters. The van der Waals surface area contributed by atoms with Crippen LogP contribution in [0.4, 0.5) is 0 Å². The summed E-state index contributed by atoms with van der Waals surface area (Å²) >= 11 is 0. The molecule has 2 aliphatic carbocycles. The Kier molecular flexibility index (Phi) is 12.5. The van der Waals surface area contributed by atoms with Crippen LogP contribution in [0.2, 0.25) is 0 Å². The van der Waals surface area contributed by atoms with Crippen molar-refractivity contribution >= 4 is 50.8 Å². The van der Waals surface area contributed by atoms with E-state index in [0.717, 1.165) is 37.4 Å². The Morgan fingerprint density at radius 2 is 1.27 bits per heavy atom. The molecule has 0 spiro atoms. The van der Waals surface area contributed by atoms with Crippen LogP contribution in [0.5, 0.6) is 0 Å². The third kappa shape index (κ3) is 8.29. The fourth-order valence-electron chi connectivity index (χ4n) is 11.0. The first-order chi connectivity index (χ1) is 30.3. The van der Waals surface area contributed by atoms with E-state index < -0.39 is 5.72 Å². The highest BCUT2D eigenvalue weighted by Crippen LogP contribution is 2.41. The zero-order valence-electron chi connectivity index (χ0n) is 38.3. The first-order valence-corrected chi connectivity index (χ1v) is 24.4. The van der Waals surface area contributed by atoms with Crippen molar-refractivity contribution in [3.63, 3.8) is 0 Å². The first kappa shape index (κ1) is 42.3. The standard InChI is InChI=1S/C57H70N4O/c1-6-8-10-12-14-20-36-60-51-24-18-16-22-47(51)49-39-42(27-33-53(49)60)46-32-26-43(38-41(46)3)55-58-59-57(5,62-55)45-30-28-44(29-31-45)56(4)35-34-54-50(40-56)48-23-17-19-25-52(48)61(54)37-21-15-13-11-9-7-2/h16-19,22-34,39-41,43,46,59H,6-15,20-21,35-38H2,1-5H3. The number of hydrogen-bond donors (Lipinski definition) is 1. The highest BCUT2D eigenvalue weighted by molar-refractivity contribution is 6.08. The second-order valence-electron chi connectivity index (χ2n) is 19.4. The van der Waals surface area contributed by atoms with Crippen LogP contribution in [0.15, 0.2) is 108 Å². The Labute approximate surface area is 370 Å². The topological polar surface area (TPSA) is 43.5 Å². The van der Waals surface area contributed by atoms with Crippen molar-refractivity contribution in [2.24, 2.45) is 16.9 Å². The number of hydrogen-bond acceptors (Lipinski definition) is 3. The van der Waals surface area contributed by atoms with Crippen LogP contribution in [-0.2, 0) is 29.0 Å². The first-order valence-electron chi connectivity index (χ1n) is 24.4. The molecule has 3 aliphatic rings. The SMILES string of the molecule is CCCCCCCCn1c2c(c3ccccc31)=CC(C)(c1ccc(C3(C)NN=C(C4C=CC(c5ccc6c(c5)c5ccccc5n6CCCCCCCC)C(C)C4)O3)cc1)CC=2. The highest BCUT2D eigenvalue weighted by Gasteiger charge is 2.39. The zero-order valence-corrected chi connectivity index (χ0v) is 38.3. The minimum Gasteiger partial charge on any atom is -0.447 e. The lowest BCUT2D eigenvalue weighted by Gasteiger charge is -2.31. The van der Waals surface area contributed by atoms with E-state index in [0.29, 0.717) is 11.8 Å². The molecule has 0 bridgehead atoms. The van der Waals surface area contributed by atoms with E-state index in [4.69, 9.17) is 9.84 Å². The van der Waals surface area contributed by atoms with Crippen molar-refractivity contribution in [1.82, 2.24) is 14.6 Å². The number of hydrazone groups is 1. The number of para-hydroxylation sites is 2. The molecule has 324 valence electrons. The van der Waals surface area contributed by atoms with Gasteiger partial charge in [0.2, 0.25) is 11.6 Å². The quantitative estimate of drug-likeness (QED) is 0.0693. The molecule has 0 amide bonds. The van der Waals surface area contributed by atoms with Crippen molar-refractivity contribution in [1.29, 1.82) is 0 Å². The van der Waals surface area contributed by atoms with Crippen molar-refractivity contribution in [3.8, 4) is 0 Å². The molecule has 5 unspecified atom stereocenters. The molecule has 9 rings (SSSR count). The van der Waals surface area contributed by atoms with Gasteiger partial charge in [-0.05, 0) is 67.0 Å². The Balaban J connectivity index is 0.870. The fraction of sp³-hybridized carbons (Fsp3) is 0.456. The Morgan fingerprint density at radius 1 is 0.661 bits per heavy atom. The van der Waals surface area contributed by atoms with Crippen molar-refractivity contribution < 1.29 is 4.74 Å². The van der Waals surface area contributed by atoms with Gasteiger partial charge in [-0.1, -0.05) is 183 Å². The predicted octanol–water partition coefficient (Wildman–Crippen LogP) is 13.5. The van der Waals surface area contributed by atoms with Gasteiger partial charge in [-0.3, -0.25) is 5.43 Å². The predicted molar refractivity (Wildman–Crippen MR) is 263 cm³/mol. The smallest absolute Gasteiger partial charge is 0.220 e. The lowest BCUT2D eigenvalue weighted by Crippen LogP contribution is -2.38. The maximum atomic E-state index is 6.77. The number of nitrogens with one attached hydrogen (secondary N) is 1. The molecule has 62 heavy (non-hydrogen) atoms. The minimum absolute atomic E-state index is 0.0954. The van der Waals surface area contributed by atoms with Crippen LogP contribution in [-0.4, -0.2) is 15.0 Å². The number of rotatable bonds is 18. The molecule has 1 N–H and O–H groups in total. The Morgan fingerprint density at radius 3 is 1.98 bits per heavy atom. The van der Waals surface area contributed by atoms with Crippen molar-refractivity contribution in [2.45, 2.75) is 155 Å². The fourth-order valence-corrected chi connectivity index (χ4v) is 11.0. The van der Waals surface area contributed by atoms with E-state index >= 15 is 0 Å².